The van der Waals surface area contributed by atoms with Gasteiger partial charge in [-0.25, -0.2) is 9.78 Å². The standard InChI is InChI=1S/C14H11F3N2O4/c1-7-11(13(21)22)12(20)19(8(2)18-7)9-4-3-5-10(6-9)23-14(15,16)17/h3-6H,1-2H3,(H,21,22). The van der Waals surface area contributed by atoms with Gasteiger partial charge in [-0.15, -0.1) is 13.2 Å². The normalized spacial score (nSPS) is 11.3. The van der Waals surface area contributed by atoms with Gasteiger partial charge in [-0.3, -0.25) is 9.36 Å². The number of hydrogen-bond donors (Lipinski definition) is 1. The van der Waals surface area contributed by atoms with E-state index in [1.807, 2.05) is 0 Å². The molecule has 0 unspecified atom stereocenters. The Bertz CT molecular complexity index is 828. The summed E-state index contributed by atoms with van der Waals surface area (Å²) in [7, 11) is 0. The van der Waals surface area contributed by atoms with E-state index in [1.165, 1.54) is 26.0 Å². The third kappa shape index (κ3) is 3.50. The molecule has 0 saturated heterocycles. The van der Waals surface area contributed by atoms with Crippen LogP contribution in [0.25, 0.3) is 5.69 Å². The largest absolute Gasteiger partial charge is 0.573 e. The number of alkyl halides is 3. The van der Waals surface area contributed by atoms with Gasteiger partial charge in [0.1, 0.15) is 17.1 Å². The van der Waals surface area contributed by atoms with Crippen molar-refractivity contribution in [3.63, 3.8) is 0 Å². The molecule has 0 aliphatic heterocycles. The Morgan fingerprint density at radius 2 is 1.96 bits per heavy atom. The summed E-state index contributed by atoms with van der Waals surface area (Å²) in [6.45, 7) is 2.81. The van der Waals surface area contributed by atoms with Crippen LogP contribution in [0, 0.1) is 13.8 Å². The van der Waals surface area contributed by atoms with Crippen LogP contribution >= 0.6 is 0 Å². The third-order valence-corrected chi connectivity index (χ3v) is 2.96. The number of carboxylic acid groups (broad SMARTS) is 1. The van der Waals surface area contributed by atoms with Crippen molar-refractivity contribution in [2.75, 3.05) is 0 Å². The number of aryl methyl sites for hydroxylation is 2. The summed E-state index contributed by atoms with van der Waals surface area (Å²) in [5, 5.41) is 9.09. The van der Waals surface area contributed by atoms with Crippen LogP contribution in [0.15, 0.2) is 29.1 Å². The maximum atomic E-state index is 12.3. The van der Waals surface area contributed by atoms with E-state index in [9.17, 15) is 22.8 Å². The molecule has 122 valence electrons. The number of ether oxygens (including phenoxy) is 1. The molecule has 0 atom stereocenters. The molecule has 0 radical (unpaired) electrons. The first-order valence-corrected chi connectivity index (χ1v) is 6.30. The number of carboxylic acids is 1. The van der Waals surface area contributed by atoms with E-state index in [2.05, 4.69) is 9.72 Å². The van der Waals surface area contributed by atoms with E-state index < -0.39 is 29.2 Å². The average molecular weight is 328 g/mol. The lowest BCUT2D eigenvalue weighted by Crippen LogP contribution is -2.29. The molecule has 1 aromatic heterocycles. The van der Waals surface area contributed by atoms with Crippen molar-refractivity contribution in [3.05, 3.63) is 51.7 Å². The fourth-order valence-electron chi connectivity index (χ4n) is 2.13. The Kier molecular flexibility index (Phi) is 4.13. The van der Waals surface area contributed by atoms with Gasteiger partial charge in [0, 0.05) is 6.07 Å². The molecule has 23 heavy (non-hydrogen) atoms. The molecule has 2 aromatic rings. The molecule has 6 nitrogen and oxygen atoms in total. The second-order valence-corrected chi connectivity index (χ2v) is 4.61. The summed E-state index contributed by atoms with van der Waals surface area (Å²) in [4.78, 5) is 27.4. The van der Waals surface area contributed by atoms with Crippen molar-refractivity contribution in [3.8, 4) is 11.4 Å². The summed E-state index contributed by atoms with van der Waals surface area (Å²) in [6.07, 6.45) is -4.88. The molecular weight excluding hydrogens is 317 g/mol. The van der Waals surface area contributed by atoms with Crippen LogP contribution in [-0.4, -0.2) is 27.0 Å². The first kappa shape index (κ1) is 16.5. The fourth-order valence-corrected chi connectivity index (χ4v) is 2.13. The van der Waals surface area contributed by atoms with E-state index in [0.717, 1.165) is 16.7 Å². The van der Waals surface area contributed by atoms with E-state index in [-0.39, 0.29) is 17.2 Å². The van der Waals surface area contributed by atoms with Crippen LogP contribution < -0.4 is 10.3 Å². The molecule has 0 fully saturated rings. The third-order valence-electron chi connectivity index (χ3n) is 2.96. The number of benzene rings is 1. The lowest BCUT2D eigenvalue weighted by molar-refractivity contribution is -0.274. The zero-order valence-corrected chi connectivity index (χ0v) is 12.0. The summed E-state index contributed by atoms with van der Waals surface area (Å²) in [6, 6.07) is 4.64. The van der Waals surface area contributed by atoms with Gasteiger partial charge >= 0.3 is 12.3 Å². The van der Waals surface area contributed by atoms with E-state index in [0.29, 0.717) is 0 Å². The van der Waals surface area contributed by atoms with Crippen molar-refractivity contribution in [1.29, 1.82) is 0 Å². The van der Waals surface area contributed by atoms with Gasteiger partial charge in [-0.2, -0.15) is 0 Å². The molecule has 0 saturated carbocycles. The van der Waals surface area contributed by atoms with E-state index >= 15 is 0 Å². The van der Waals surface area contributed by atoms with Crippen LogP contribution in [0.3, 0.4) is 0 Å². The highest BCUT2D eigenvalue weighted by molar-refractivity contribution is 5.88. The molecule has 0 aliphatic carbocycles. The van der Waals surface area contributed by atoms with Crippen LogP contribution in [-0.2, 0) is 0 Å². The van der Waals surface area contributed by atoms with E-state index in [4.69, 9.17) is 5.11 Å². The molecule has 0 aliphatic rings. The van der Waals surface area contributed by atoms with Gasteiger partial charge < -0.3 is 9.84 Å². The number of aromatic nitrogens is 2. The highest BCUT2D eigenvalue weighted by Crippen LogP contribution is 2.24. The highest BCUT2D eigenvalue weighted by atomic mass is 19.4. The first-order valence-electron chi connectivity index (χ1n) is 6.30. The molecule has 1 heterocycles. The zero-order valence-electron chi connectivity index (χ0n) is 12.0. The summed E-state index contributed by atoms with van der Waals surface area (Å²) < 4.78 is 41.5. The number of nitrogens with zero attached hydrogens (tertiary/aromatic N) is 2. The lowest BCUT2D eigenvalue weighted by Gasteiger charge is -2.14. The maximum Gasteiger partial charge on any atom is 0.573 e. The van der Waals surface area contributed by atoms with Gasteiger partial charge in [0.05, 0.1) is 11.4 Å². The van der Waals surface area contributed by atoms with Crippen LogP contribution in [0.2, 0.25) is 0 Å². The number of hydrogen-bond acceptors (Lipinski definition) is 4. The Morgan fingerprint density at radius 3 is 2.52 bits per heavy atom. The van der Waals surface area contributed by atoms with Gasteiger partial charge in [0.25, 0.3) is 5.56 Å². The molecular formula is C14H11F3N2O4. The topological polar surface area (TPSA) is 81.4 Å². The Morgan fingerprint density at radius 1 is 1.30 bits per heavy atom. The summed E-state index contributed by atoms with van der Waals surface area (Å²) in [5.74, 6) is -1.85. The Labute approximate surface area is 127 Å². The van der Waals surface area contributed by atoms with Crippen molar-refractivity contribution in [2.24, 2.45) is 0 Å². The van der Waals surface area contributed by atoms with Crippen LogP contribution in [0.1, 0.15) is 21.9 Å². The Balaban J connectivity index is 2.64. The molecule has 0 amide bonds. The predicted octanol–water partition coefficient (Wildman–Crippen LogP) is 2.45. The number of aromatic carboxylic acids is 1. The lowest BCUT2D eigenvalue weighted by atomic mass is 10.2. The molecule has 1 aromatic carbocycles. The van der Waals surface area contributed by atoms with Crippen molar-refractivity contribution in [2.45, 2.75) is 20.2 Å². The molecule has 0 spiro atoms. The van der Waals surface area contributed by atoms with E-state index in [1.54, 1.807) is 0 Å². The first-order chi connectivity index (χ1) is 10.6. The van der Waals surface area contributed by atoms with Crippen LogP contribution in [0.4, 0.5) is 13.2 Å². The number of carbonyl (C=O) groups is 1. The van der Waals surface area contributed by atoms with Crippen LogP contribution in [0.5, 0.6) is 5.75 Å². The van der Waals surface area contributed by atoms with Gasteiger partial charge in [0.15, 0.2) is 0 Å². The maximum absolute atomic E-state index is 12.3. The van der Waals surface area contributed by atoms with Crippen molar-refractivity contribution >= 4 is 5.97 Å². The quantitative estimate of drug-likeness (QED) is 0.936. The van der Waals surface area contributed by atoms with Crippen molar-refractivity contribution < 1.29 is 27.8 Å². The summed E-state index contributed by atoms with van der Waals surface area (Å²) >= 11 is 0. The second kappa shape index (κ2) is 5.75. The predicted molar refractivity (Wildman–Crippen MR) is 73.0 cm³/mol. The minimum Gasteiger partial charge on any atom is -0.477 e. The summed E-state index contributed by atoms with van der Waals surface area (Å²) in [5.41, 5.74) is -1.38. The second-order valence-electron chi connectivity index (χ2n) is 4.61. The van der Waals surface area contributed by atoms with Gasteiger partial charge in [-0.05, 0) is 26.0 Å². The van der Waals surface area contributed by atoms with Gasteiger partial charge in [-0.1, -0.05) is 6.07 Å². The fraction of sp³-hybridized carbons (Fsp3) is 0.214. The SMILES string of the molecule is Cc1nc(C)n(-c2cccc(OC(F)(F)F)c2)c(=O)c1C(=O)O. The van der Waals surface area contributed by atoms with Crippen molar-refractivity contribution in [1.82, 2.24) is 9.55 Å². The molecule has 2 rings (SSSR count). The smallest absolute Gasteiger partial charge is 0.477 e. The number of rotatable bonds is 3. The minimum atomic E-state index is -4.88. The molecule has 0 bridgehead atoms. The zero-order chi connectivity index (χ0) is 17.4. The minimum absolute atomic E-state index is 0.0178. The molecule has 9 heteroatoms. The highest BCUT2D eigenvalue weighted by Gasteiger charge is 2.31. The van der Waals surface area contributed by atoms with Gasteiger partial charge in [0.2, 0.25) is 0 Å². The average Bonchev–Trinajstić information content (AvgIpc) is 2.35. The Hall–Kier alpha value is -2.84. The monoisotopic (exact) mass is 328 g/mol. The number of halogens is 3. The molecule has 1 N–H and O–H groups in total.